The summed E-state index contributed by atoms with van der Waals surface area (Å²) in [4.78, 5) is 22.9. The largest absolute Gasteiger partial charge is 0.463 e. The van der Waals surface area contributed by atoms with E-state index in [0.717, 1.165) is 22.5 Å². The fourth-order valence-corrected chi connectivity index (χ4v) is 4.03. The molecule has 0 N–H and O–H groups in total. The number of carbonyl (C=O) groups is 2. The minimum Gasteiger partial charge on any atom is -0.463 e. The van der Waals surface area contributed by atoms with Crippen LogP contribution in [0.15, 0.2) is 23.1 Å². The van der Waals surface area contributed by atoms with E-state index >= 15 is 0 Å². The van der Waals surface area contributed by atoms with Gasteiger partial charge in [-0.25, -0.2) is 22.4 Å². The van der Waals surface area contributed by atoms with E-state index in [1.54, 1.807) is 0 Å². The van der Waals surface area contributed by atoms with E-state index in [1.165, 1.54) is 0 Å². The van der Waals surface area contributed by atoms with Crippen molar-refractivity contribution in [3.8, 4) is 0 Å². The number of nitrogens with zero attached hydrogens (tertiary/aromatic N) is 1. The molecule has 2 fully saturated rings. The molecule has 8 nitrogen and oxygen atoms in total. The van der Waals surface area contributed by atoms with Crippen molar-refractivity contribution in [1.29, 1.82) is 0 Å². The van der Waals surface area contributed by atoms with Crippen LogP contribution >= 0.6 is 0 Å². The lowest BCUT2D eigenvalue weighted by atomic mass is 10.2. The molecular formula is C15H16FNO7S. The number of sulfonamides is 1. The molecule has 0 aromatic heterocycles. The number of hydrogen-bond donors (Lipinski definition) is 0. The third-order valence-corrected chi connectivity index (χ3v) is 5.80. The van der Waals surface area contributed by atoms with E-state index in [9.17, 15) is 22.4 Å². The first-order chi connectivity index (χ1) is 11.9. The molecule has 0 unspecified atom stereocenters. The molecule has 25 heavy (non-hydrogen) atoms. The first kappa shape index (κ1) is 17.8. The number of benzene rings is 1. The van der Waals surface area contributed by atoms with Crippen molar-refractivity contribution in [2.75, 3.05) is 32.9 Å². The van der Waals surface area contributed by atoms with Crippen LogP contribution in [0, 0.1) is 5.82 Å². The lowest BCUT2D eigenvalue weighted by Crippen LogP contribution is -2.41. The predicted molar refractivity (Wildman–Crippen MR) is 80.8 cm³/mol. The van der Waals surface area contributed by atoms with Crippen molar-refractivity contribution in [1.82, 2.24) is 4.31 Å². The van der Waals surface area contributed by atoms with Crippen molar-refractivity contribution in [2.24, 2.45) is 0 Å². The minimum atomic E-state index is -4.11. The maximum absolute atomic E-state index is 14.1. The molecule has 2 heterocycles. The number of esters is 2. The lowest BCUT2D eigenvalue weighted by molar-refractivity contribution is -0.145. The van der Waals surface area contributed by atoms with E-state index in [0.29, 0.717) is 0 Å². The molecule has 2 aliphatic heterocycles. The summed E-state index contributed by atoms with van der Waals surface area (Å²) >= 11 is 0. The number of hydrogen-bond acceptors (Lipinski definition) is 7. The fourth-order valence-electron chi connectivity index (χ4n) is 2.54. The Morgan fingerprint density at radius 3 is 2.60 bits per heavy atom. The third-order valence-electron chi connectivity index (χ3n) is 3.89. The Morgan fingerprint density at radius 1 is 1.24 bits per heavy atom. The SMILES string of the molecule is O=C(O[C@H]1CCOC1=O)c1ccc(F)c(S(=O)(=O)N2CCOCC2)c1. The summed E-state index contributed by atoms with van der Waals surface area (Å²) in [6.07, 6.45) is -0.804. The van der Waals surface area contributed by atoms with Crippen molar-refractivity contribution in [2.45, 2.75) is 17.4 Å². The Balaban J connectivity index is 1.84. The monoisotopic (exact) mass is 373 g/mol. The maximum Gasteiger partial charge on any atom is 0.347 e. The molecule has 0 aliphatic carbocycles. The Hall–Kier alpha value is -2.04. The van der Waals surface area contributed by atoms with Crippen molar-refractivity contribution >= 4 is 22.0 Å². The van der Waals surface area contributed by atoms with Gasteiger partial charge in [-0.2, -0.15) is 4.31 Å². The van der Waals surface area contributed by atoms with E-state index in [4.69, 9.17) is 9.47 Å². The van der Waals surface area contributed by atoms with Crippen LogP contribution in [0.2, 0.25) is 0 Å². The van der Waals surface area contributed by atoms with Gasteiger partial charge in [-0.3, -0.25) is 0 Å². The van der Waals surface area contributed by atoms with Crippen molar-refractivity contribution in [3.05, 3.63) is 29.6 Å². The smallest absolute Gasteiger partial charge is 0.347 e. The van der Waals surface area contributed by atoms with Crippen LogP contribution in [-0.2, 0) is 29.0 Å². The highest BCUT2D eigenvalue weighted by Crippen LogP contribution is 2.23. The molecule has 0 radical (unpaired) electrons. The molecule has 0 spiro atoms. The quantitative estimate of drug-likeness (QED) is 0.701. The molecule has 1 aromatic carbocycles. The highest BCUT2D eigenvalue weighted by atomic mass is 32.2. The zero-order valence-electron chi connectivity index (χ0n) is 13.1. The van der Waals surface area contributed by atoms with Gasteiger partial charge >= 0.3 is 11.9 Å². The fraction of sp³-hybridized carbons (Fsp3) is 0.467. The normalized spacial score (nSPS) is 21.8. The van der Waals surface area contributed by atoms with Gasteiger partial charge in [-0.1, -0.05) is 0 Å². The zero-order chi connectivity index (χ0) is 18.0. The lowest BCUT2D eigenvalue weighted by Gasteiger charge is -2.26. The maximum atomic E-state index is 14.1. The molecule has 2 saturated heterocycles. The summed E-state index contributed by atoms with van der Waals surface area (Å²) in [7, 11) is -4.11. The average molecular weight is 373 g/mol. The van der Waals surface area contributed by atoms with Crippen LogP contribution in [0.4, 0.5) is 4.39 Å². The second kappa shape index (κ2) is 7.06. The Labute approximate surface area is 143 Å². The first-order valence-corrected chi connectivity index (χ1v) is 9.08. The van der Waals surface area contributed by atoms with Gasteiger partial charge in [0.2, 0.25) is 16.1 Å². The Morgan fingerprint density at radius 2 is 1.96 bits per heavy atom. The summed E-state index contributed by atoms with van der Waals surface area (Å²) in [5.41, 5.74) is -0.159. The van der Waals surface area contributed by atoms with E-state index in [2.05, 4.69) is 4.74 Å². The second-order valence-corrected chi connectivity index (χ2v) is 7.42. The summed E-state index contributed by atoms with van der Waals surface area (Å²) < 4.78 is 55.1. The summed E-state index contributed by atoms with van der Waals surface area (Å²) in [5.74, 6) is -2.54. The van der Waals surface area contributed by atoms with Crippen LogP contribution in [0.3, 0.4) is 0 Å². The molecule has 1 aromatic rings. The molecule has 0 saturated carbocycles. The van der Waals surface area contributed by atoms with Crippen LogP contribution in [0.1, 0.15) is 16.8 Å². The number of rotatable bonds is 4. The van der Waals surface area contributed by atoms with Gasteiger partial charge < -0.3 is 14.2 Å². The topological polar surface area (TPSA) is 99.2 Å². The van der Waals surface area contributed by atoms with Gasteiger partial charge in [0, 0.05) is 19.5 Å². The van der Waals surface area contributed by atoms with E-state index in [1.807, 2.05) is 0 Å². The van der Waals surface area contributed by atoms with Gasteiger partial charge in [-0.05, 0) is 18.2 Å². The number of cyclic esters (lactones) is 1. The summed E-state index contributed by atoms with van der Waals surface area (Å²) in [6.45, 7) is 0.782. The summed E-state index contributed by atoms with van der Waals surface area (Å²) in [6, 6.07) is 2.91. The molecule has 3 rings (SSSR count). The standard InChI is InChI=1S/C15H16FNO7S/c16-11-2-1-10(14(18)24-12-3-6-23-15(12)19)9-13(11)25(20,21)17-4-7-22-8-5-17/h1-2,9,12H,3-8H2/t12-/m0/s1. The number of ether oxygens (including phenoxy) is 3. The van der Waals surface area contributed by atoms with Gasteiger partial charge in [0.15, 0.2) is 0 Å². The van der Waals surface area contributed by atoms with E-state index in [-0.39, 0.29) is 44.9 Å². The van der Waals surface area contributed by atoms with Gasteiger partial charge in [0.05, 0.1) is 25.4 Å². The second-order valence-electron chi connectivity index (χ2n) is 5.51. The molecule has 136 valence electrons. The van der Waals surface area contributed by atoms with E-state index < -0.39 is 38.8 Å². The number of morpholine rings is 1. The highest BCUT2D eigenvalue weighted by Gasteiger charge is 2.32. The Kier molecular flexibility index (Phi) is 5.02. The molecular weight excluding hydrogens is 357 g/mol. The first-order valence-electron chi connectivity index (χ1n) is 7.64. The Bertz CT molecular complexity index is 789. The van der Waals surface area contributed by atoms with Gasteiger partial charge in [0.25, 0.3) is 0 Å². The molecule has 0 amide bonds. The summed E-state index contributed by atoms with van der Waals surface area (Å²) in [5, 5.41) is 0. The van der Waals surface area contributed by atoms with Crippen LogP contribution in [-0.4, -0.2) is 63.7 Å². The van der Waals surface area contributed by atoms with Crippen LogP contribution in [0.25, 0.3) is 0 Å². The van der Waals surface area contributed by atoms with Crippen molar-refractivity contribution < 1.29 is 36.6 Å². The molecule has 1 atom stereocenters. The number of carbonyl (C=O) groups excluding carboxylic acids is 2. The number of halogens is 1. The molecule has 0 bridgehead atoms. The molecule has 10 heteroatoms. The average Bonchev–Trinajstić information content (AvgIpc) is 3.00. The predicted octanol–water partition coefficient (Wildman–Crippen LogP) is 0.319. The highest BCUT2D eigenvalue weighted by molar-refractivity contribution is 7.89. The van der Waals surface area contributed by atoms with Gasteiger partial charge in [0.1, 0.15) is 10.7 Å². The van der Waals surface area contributed by atoms with Crippen molar-refractivity contribution in [3.63, 3.8) is 0 Å². The third kappa shape index (κ3) is 3.65. The van der Waals surface area contributed by atoms with Crippen LogP contribution < -0.4 is 0 Å². The minimum absolute atomic E-state index is 0.102. The van der Waals surface area contributed by atoms with Gasteiger partial charge in [-0.15, -0.1) is 0 Å². The zero-order valence-corrected chi connectivity index (χ0v) is 14.0. The molecule has 2 aliphatic rings. The van der Waals surface area contributed by atoms with Crippen LogP contribution in [0.5, 0.6) is 0 Å².